The van der Waals surface area contributed by atoms with E-state index in [4.69, 9.17) is 0 Å². The van der Waals surface area contributed by atoms with Gasteiger partial charge in [-0.2, -0.15) is 0 Å². The number of aromatic nitrogens is 2. The Morgan fingerprint density at radius 2 is 2.15 bits per heavy atom. The van der Waals surface area contributed by atoms with Crippen molar-refractivity contribution in [2.45, 2.75) is 24.8 Å². The second-order valence-electron chi connectivity index (χ2n) is 6.10. The second-order valence-corrected chi connectivity index (χ2v) is 7.87. The van der Waals surface area contributed by atoms with Crippen molar-refractivity contribution < 1.29 is 13.2 Å². The molecule has 0 fully saturated rings. The molecule has 136 valence electrons. The first-order chi connectivity index (χ1) is 12.5. The molecule has 0 bridgehead atoms. The molecular weight excluding hydrogens is 352 g/mol. The molecule has 1 N–H and O–H groups in total. The molecule has 1 aliphatic heterocycles. The third kappa shape index (κ3) is 4.33. The summed E-state index contributed by atoms with van der Waals surface area (Å²) >= 11 is 0. The summed E-state index contributed by atoms with van der Waals surface area (Å²) in [6, 6.07) is 7.73. The van der Waals surface area contributed by atoms with Crippen LogP contribution in [0.4, 0.5) is 0 Å². The van der Waals surface area contributed by atoms with Crippen molar-refractivity contribution in [2.75, 3.05) is 13.1 Å². The van der Waals surface area contributed by atoms with E-state index in [1.54, 1.807) is 29.3 Å². The molecule has 7 nitrogen and oxygen atoms in total. The summed E-state index contributed by atoms with van der Waals surface area (Å²) in [4.78, 5) is 22.2. The van der Waals surface area contributed by atoms with Crippen LogP contribution >= 0.6 is 0 Å². The minimum Gasteiger partial charge on any atom is -0.335 e. The molecule has 3 rings (SSSR count). The highest BCUT2D eigenvalue weighted by Crippen LogP contribution is 2.17. The quantitative estimate of drug-likeness (QED) is 0.807. The van der Waals surface area contributed by atoms with Crippen LogP contribution in [0.2, 0.25) is 0 Å². The summed E-state index contributed by atoms with van der Waals surface area (Å²) in [5.74, 6) is -0.165. The van der Waals surface area contributed by atoms with Crippen molar-refractivity contribution >= 4 is 15.9 Å². The third-order valence-electron chi connectivity index (χ3n) is 4.20. The SMILES string of the molecule is CC1=CCN(C(=O)c2cccc(S(=O)(=O)NCc3ccncn3)c2)CC1. The lowest BCUT2D eigenvalue weighted by molar-refractivity contribution is 0.0769. The zero-order chi connectivity index (χ0) is 18.6. The topological polar surface area (TPSA) is 92.3 Å². The van der Waals surface area contributed by atoms with Gasteiger partial charge in [0.2, 0.25) is 10.0 Å². The maximum Gasteiger partial charge on any atom is 0.254 e. The number of hydrogen-bond donors (Lipinski definition) is 1. The number of nitrogens with one attached hydrogen (secondary N) is 1. The molecule has 1 aliphatic rings. The normalized spacial score (nSPS) is 14.8. The van der Waals surface area contributed by atoms with Gasteiger partial charge in [0.15, 0.2) is 0 Å². The van der Waals surface area contributed by atoms with Crippen molar-refractivity contribution in [1.29, 1.82) is 0 Å². The molecule has 0 atom stereocenters. The van der Waals surface area contributed by atoms with E-state index < -0.39 is 10.0 Å². The maximum absolute atomic E-state index is 12.6. The van der Waals surface area contributed by atoms with Gasteiger partial charge in [-0.25, -0.2) is 23.1 Å². The molecule has 26 heavy (non-hydrogen) atoms. The highest BCUT2D eigenvalue weighted by Gasteiger charge is 2.20. The van der Waals surface area contributed by atoms with Gasteiger partial charge in [0, 0.05) is 24.8 Å². The average Bonchev–Trinajstić information content (AvgIpc) is 2.67. The first-order valence-corrected chi connectivity index (χ1v) is 9.73. The number of sulfonamides is 1. The molecule has 0 unspecified atom stereocenters. The Labute approximate surface area is 152 Å². The molecule has 0 aliphatic carbocycles. The summed E-state index contributed by atoms with van der Waals surface area (Å²) in [6.45, 7) is 3.29. The zero-order valence-electron chi connectivity index (χ0n) is 14.4. The number of hydrogen-bond acceptors (Lipinski definition) is 5. The van der Waals surface area contributed by atoms with Crippen LogP contribution in [0.3, 0.4) is 0 Å². The van der Waals surface area contributed by atoms with Gasteiger partial charge >= 0.3 is 0 Å². The molecule has 1 aromatic heterocycles. The number of amides is 1. The molecule has 1 amide bonds. The Morgan fingerprint density at radius 3 is 2.85 bits per heavy atom. The van der Waals surface area contributed by atoms with Gasteiger partial charge in [-0.1, -0.05) is 17.7 Å². The van der Waals surface area contributed by atoms with Gasteiger partial charge in [0.05, 0.1) is 17.1 Å². The number of benzene rings is 1. The van der Waals surface area contributed by atoms with Crippen LogP contribution in [0.25, 0.3) is 0 Å². The van der Waals surface area contributed by atoms with Crippen molar-refractivity contribution in [1.82, 2.24) is 19.6 Å². The van der Waals surface area contributed by atoms with Crippen molar-refractivity contribution in [3.05, 3.63) is 65.8 Å². The van der Waals surface area contributed by atoms with Crippen LogP contribution in [-0.4, -0.2) is 42.3 Å². The summed E-state index contributed by atoms with van der Waals surface area (Å²) in [6.07, 6.45) is 5.76. The van der Waals surface area contributed by atoms with Crippen molar-refractivity contribution in [3.8, 4) is 0 Å². The summed E-state index contributed by atoms with van der Waals surface area (Å²) in [7, 11) is -3.75. The fourth-order valence-corrected chi connectivity index (χ4v) is 3.65. The highest BCUT2D eigenvalue weighted by atomic mass is 32.2. The lowest BCUT2D eigenvalue weighted by atomic mass is 10.1. The zero-order valence-corrected chi connectivity index (χ0v) is 15.2. The largest absolute Gasteiger partial charge is 0.335 e. The van der Waals surface area contributed by atoms with Crippen LogP contribution < -0.4 is 4.72 Å². The van der Waals surface area contributed by atoms with Gasteiger partial charge in [0.1, 0.15) is 6.33 Å². The summed E-state index contributed by atoms with van der Waals surface area (Å²) in [5.41, 5.74) is 2.19. The molecule has 1 aromatic carbocycles. The fourth-order valence-electron chi connectivity index (χ4n) is 2.61. The van der Waals surface area contributed by atoms with Gasteiger partial charge in [-0.05, 0) is 37.6 Å². The number of rotatable bonds is 5. The van der Waals surface area contributed by atoms with Gasteiger partial charge in [0.25, 0.3) is 5.91 Å². The molecule has 0 saturated heterocycles. The van der Waals surface area contributed by atoms with E-state index in [-0.39, 0.29) is 17.3 Å². The van der Waals surface area contributed by atoms with Crippen LogP contribution in [0, 0.1) is 0 Å². The minimum atomic E-state index is -3.75. The van der Waals surface area contributed by atoms with E-state index in [0.717, 1.165) is 6.42 Å². The van der Waals surface area contributed by atoms with Crippen LogP contribution in [0.15, 0.2) is 59.4 Å². The molecule has 0 spiro atoms. The molecule has 8 heteroatoms. The first-order valence-electron chi connectivity index (χ1n) is 8.25. The number of carbonyl (C=O) groups excluding carboxylic acids is 1. The number of nitrogens with zero attached hydrogens (tertiary/aromatic N) is 3. The van der Waals surface area contributed by atoms with Crippen LogP contribution in [0.1, 0.15) is 29.4 Å². The lowest BCUT2D eigenvalue weighted by Crippen LogP contribution is -2.34. The van der Waals surface area contributed by atoms with Gasteiger partial charge in [-0.3, -0.25) is 4.79 Å². The van der Waals surface area contributed by atoms with Crippen LogP contribution in [0.5, 0.6) is 0 Å². The molecule has 2 heterocycles. The van der Waals surface area contributed by atoms with Gasteiger partial charge in [-0.15, -0.1) is 0 Å². The van der Waals surface area contributed by atoms with E-state index in [0.29, 0.717) is 24.3 Å². The lowest BCUT2D eigenvalue weighted by Gasteiger charge is -2.25. The smallest absolute Gasteiger partial charge is 0.254 e. The second kappa shape index (κ2) is 7.76. The predicted octanol–water partition coefficient (Wildman–Crippen LogP) is 1.75. The van der Waals surface area contributed by atoms with Crippen molar-refractivity contribution in [2.24, 2.45) is 0 Å². The Morgan fingerprint density at radius 1 is 1.31 bits per heavy atom. The molecule has 0 radical (unpaired) electrons. The van der Waals surface area contributed by atoms with E-state index in [1.807, 2.05) is 13.0 Å². The Bertz CT molecular complexity index is 926. The molecular formula is C18H20N4O3S. The minimum absolute atomic E-state index is 0.0548. The maximum atomic E-state index is 12.6. The highest BCUT2D eigenvalue weighted by molar-refractivity contribution is 7.89. The predicted molar refractivity (Wildman–Crippen MR) is 96.8 cm³/mol. The number of carbonyl (C=O) groups is 1. The Kier molecular flexibility index (Phi) is 5.43. The Balaban J connectivity index is 1.74. The van der Waals surface area contributed by atoms with Crippen molar-refractivity contribution in [3.63, 3.8) is 0 Å². The summed E-state index contributed by atoms with van der Waals surface area (Å²) in [5, 5.41) is 0. The van der Waals surface area contributed by atoms with E-state index in [2.05, 4.69) is 14.7 Å². The van der Waals surface area contributed by atoms with E-state index >= 15 is 0 Å². The Hall–Kier alpha value is -2.58. The first kappa shape index (κ1) is 18.2. The van der Waals surface area contributed by atoms with Crippen LogP contribution in [-0.2, 0) is 16.6 Å². The molecule has 2 aromatic rings. The molecule has 0 saturated carbocycles. The standard InChI is InChI=1S/C18H20N4O3S/c1-14-6-9-22(10-7-14)18(23)15-3-2-4-17(11-15)26(24,25)21-12-16-5-8-19-13-20-16/h2-6,8,11,13,21H,7,9-10,12H2,1H3. The van der Waals surface area contributed by atoms with E-state index in [9.17, 15) is 13.2 Å². The third-order valence-corrected chi connectivity index (χ3v) is 5.60. The fraction of sp³-hybridized carbons (Fsp3) is 0.278. The average molecular weight is 372 g/mol. The summed E-state index contributed by atoms with van der Waals surface area (Å²) < 4.78 is 27.5. The van der Waals surface area contributed by atoms with Gasteiger partial charge < -0.3 is 4.90 Å². The monoisotopic (exact) mass is 372 g/mol. The van der Waals surface area contributed by atoms with E-state index in [1.165, 1.54) is 24.0 Å².